The number of rotatable bonds is 3. The van der Waals surface area contributed by atoms with Gasteiger partial charge >= 0.3 is 0 Å². The Labute approximate surface area is 109 Å². The smallest absolute Gasteiger partial charge is 0.207 e. The van der Waals surface area contributed by atoms with E-state index in [-0.39, 0.29) is 0 Å². The molecule has 0 fully saturated rings. The summed E-state index contributed by atoms with van der Waals surface area (Å²) in [4.78, 5) is 0. The molecule has 0 atom stereocenters. The molecule has 1 heterocycles. The minimum absolute atomic E-state index is 0.412. The Kier molecular flexibility index (Phi) is 3.64. The Morgan fingerprint density at radius 3 is 2.35 bits per heavy atom. The summed E-state index contributed by atoms with van der Waals surface area (Å²) in [6, 6.07) is 4.21. The highest BCUT2D eigenvalue weighted by Crippen LogP contribution is 2.26. The minimum atomic E-state index is 0.412. The molecule has 2 rings (SSSR count). The molecule has 5 heteroatoms. The van der Waals surface area contributed by atoms with Crippen LogP contribution in [0, 0.1) is 20.8 Å². The predicted molar refractivity (Wildman–Crippen MR) is 69.9 cm³/mol. The molecule has 0 saturated carbocycles. The van der Waals surface area contributed by atoms with E-state index in [1.807, 2.05) is 13.8 Å². The molecule has 0 spiro atoms. The molecule has 0 aliphatic rings. The van der Waals surface area contributed by atoms with E-state index in [9.17, 15) is 0 Å². The molecule has 1 aromatic carbocycles. The van der Waals surface area contributed by atoms with Crippen molar-refractivity contribution < 1.29 is 4.74 Å². The highest BCUT2D eigenvalue weighted by molar-refractivity contribution is 7.15. The molecule has 0 aliphatic heterocycles. The Hall–Kier alpha value is -1.13. The number of hydrogen-bond acceptors (Lipinski definition) is 4. The lowest BCUT2D eigenvalue weighted by atomic mass is 10.1. The molecule has 3 nitrogen and oxygen atoms in total. The molecule has 1 aromatic heterocycles. The molecule has 0 aliphatic carbocycles. The Morgan fingerprint density at radius 1 is 1.18 bits per heavy atom. The van der Waals surface area contributed by atoms with Crippen LogP contribution in [0.3, 0.4) is 0 Å². The number of nitrogens with zero attached hydrogens (tertiary/aromatic N) is 2. The summed E-state index contributed by atoms with van der Waals surface area (Å²) in [5, 5.41) is 8.45. The van der Waals surface area contributed by atoms with Gasteiger partial charge in [0.25, 0.3) is 0 Å². The van der Waals surface area contributed by atoms with E-state index < -0.39 is 0 Å². The van der Waals surface area contributed by atoms with Crippen LogP contribution in [0.5, 0.6) is 5.75 Å². The largest absolute Gasteiger partial charge is 0.486 e. The van der Waals surface area contributed by atoms with Gasteiger partial charge in [-0.05, 0) is 43.5 Å². The van der Waals surface area contributed by atoms with Gasteiger partial charge in [0.05, 0.1) is 0 Å². The maximum Gasteiger partial charge on any atom is 0.207 e. The lowest BCUT2D eigenvalue weighted by molar-refractivity contribution is 0.300. The fraction of sp³-hybridized carbons (Fsp3) is 0.333. The fourth-order valence-corrected chi connectivity index (χ4v) is 2.60. The van der Waals surface area contributed by atoms with Crippen LogP contribution in [-0.2, 0) is 6.61 Å². The summed E-state index contributed by atoms with van der Waals surface area (Å²) in [5.74, 6) is 0.918. The quantitative estimate of drug-likeness (QED) is 0.851. The zero-order valence-corrected chi connectivity index (χ0v) is 11.5. The number of aromatic nitrogens is 2. The number of benzene rings is 1. The zero-order valence-electron chi connectivity index (χ0n) is 9.95. The normalized spacial score (nSPS) is 10.6. The van der Waals surface area contributed by atoms with Gasteiger partial charge in [-0.3, -0.25) is 0 Å². The molecule has 90 valence electrons. The summed E-state index contributed by atoms with van der Waals surface area (Å²) in [6.45, 7) is 6.58. The fourth-order valence-electron chi connectivity index (χ4n) is 1.82. The van der Waals surface area contributed by atoms with Crippen LogP contribution < -0.4 is 4.74 Å². The monoisotopic (exact) mass is 268 g/mol. The van der Waals surface area contributed by atoms with Gasteiger partial charge in [0, 0.05) is 0 Å². The summed E-state index contributed by atoms with van der Waals surface area (Å²) in [5.41, 5.74) is 3.52. The molecule has 0 amide bonds. The maximum absolute atomic E-state index is 5.77. The first kappa shape index (κ1) is 12.3. The number of ether oxygens (including phenoxy) is 1. The highest BCUT2D eigenvalue weighted by atomic mass is 35.5. The Morgan fingerprint density at radius 2 is 1.82 bits per heavy atom. The SMILES string of the molecule is Cc1cc(C)c(OCc2nnc(Cl)s2)c(C)c1. The van der Waals surface area contributed by atoms with Crippen molar-refractivity contribution in [2.45, 2.75) is 27.4 Å². The van der Waals surface area contributed by atoms with E-state index >= 15 is 0 Å². The molecule has 0 N–H and O–H groups in total. The van der Waals surface area contributed by atoms with Gasteiger partial charge in [0.1, 0.15) is 12.4 Å². The molecule has 2 aromatic rings. The van der Waals surface area contributed by atoms with E-state index in [1.165, 1.54) is 16.9 Å². The molecule has 0 radical (unpaired) electrons. The third-order valence-electron chi connectivity index (χ3n) is 2.39. The van der Waals surface area contributed by atoms with Gasteiger partial charge < -0.3 is 4.74 Å². The average Bonchev–Trinajstić information content (AvgIpc) is 2.62. The Balaban J connectivity index is 2.14. The second-order valence-electron chi connectivity index (χ2n) is 3.97. The second-order valence-corrected chi connectivity index (χ2v) is 5.61. The minimum Gasteiger partial charge on any atom is -0.486 e. The van der Waals surface area contributed by atoms with E-state index in [2.05, 4.69) is 29.3 Å². The van der Waals surface area contributed by atoms with Crippen molar-refractivity contribution in [1.29, 1.82) is 0 Å². The van der Waals surface area contributed by atoms with Crippen molar-refractivity contribution in [1.82, 2.24) is 10.2 Å². The summed E-state index contributed by atoms with van der Waals surface area (Å²) in [6.07, 6.45) is 0. The first-order valence-corrected chi connectivity index (χ1v) is 6.44. The van der Waals surface area contributed by atoms with Crippen LogP contribution in [0.2, 0.25) is 4.47 Å². The van der Waals surface area contributed by atoms with Crippen LogP contribution in [0.4, 0.5) is 0 Å². The van der Waals surface area contributed by atoms with Gasteiger partial charge in [0.2, 0.25) is 4.47 Å². The molecule has 0 unspecified atom stereocenters. The van der Waals surface area contributed by atoms with Crippen LogP contribution in [0.15, 0.2) is 12.1 Å². The number of aryl methyl sites for hydroxylation is 3. The second kappa shape index (κ2) is 5.02. The van der Waals surface area contributed by atoms with Gasteiger partial charge in [0.15, 0.2) is 5.01 Å². The van der Waals surface area contributed by atoms with Gasteiger partial charge in [-0.1, -0.05) is 29.0 Å². The predicted octanol–water partition coefficient (Wildman–Crippen LogP) is 3.70. The van der Waals surface area contributed by atoms with Crippen molar-refractivity contribution in [3.8, 4) is 5.75 Å². The van der Waals surface area contributed by atoms with Crippen molar-refractivity contribution >= 4 is 22.9 Å². The Bertz CT molecular complexity index is 516. The van der Waals surface area contributed by atoms with Crippen molar-refractivity contribution in [2.24, 2.45) is 0 Å². The van der Waals surface area contributed by atoms with Crippen LogP contribution in [-0.4, -0.2) is 10.2 Å². The van der Waals surface area contributed by atoms with Crippen molar-refractivity contribution in [2.75, 3.05) is 0 Å². The molecule has 0 bridgehead atoms. The number of hydrogen-bond donors (Lipinski definition) is 0. The third kappa shape index (κ3) is 2.96. The van der Waals surface area contributed by atoms with Crippen LogP contribution in [0.1, 0.15) is 21.7 Å². The standard InChI is InChI=1S/C12H13ClN2OS/c1-7-4-8(2)11(9(3)5-7)16-6-10-14-15-12(13)17-10/h4-5H,6H2,1-3H3. The van der Waals surface area contributed by atoms with Crippen LogP contribution >= 0.6 is 22.9 Å². The van der Waals surface area contributed by atoms with E-state index in [0.29, 0.717) is 11.1 Å². The highest BCUT2D eigenvalue weighted by Gasteiger charge is 2.07. The van der Waals surface area contributed by atoms with Gasteiger partial charge in [-0.25, -0.2) is 0 Å². The summed E-state index contributed by atoms with van der Waals surface area (Å²) in [7, 11) is 0. The first-order chi connectivity index (χ1) is 8.06. The zero-order chi connectivity index (χ0) is 12.4. The molecule has 0 saturated heterocycles. The molecular formula is C12H13ClN2OS. The van der Waals surface area contributed by atoms with Crippen LogP contribution in [0.25, 0.3) is 0 Å². The summed E-state index contributed by atoms with van der Waals surface area (Å²) >= 11 is 7.05. The number of halogens is 1. The lowest BCUT2D eigenvalue weighted by Crippen LogP contribution is -1.99. The topological polar surface area (TPSA) is 35.0 Å². The van der Waals surface area contributed by atoms with Crippen molar-refractivity contribution in [3.63, 3.8) is 0 Å². The molecular weight excluding hydrogens is 256 g/mol. The third-order valence-corrected chi connectivity index (χ3v) is 3.38. The lowest BCUT2D eigenvalue weighted by Gasteiger charge is -2.11. The van der Waals surface area contributed by atoms with E-state index in [1.54, 1.807) is 0 Å². The van der Waals surface area contributed by atoms with Gasteiger partial charge in [-0.15, -0.1) is 10.2 Å². The van der Waals surface area contributed by atoms with Gasteiger partial charge in [-0.2, -0.15) is 0 Å². The average molecular weight is 269 g/mol. The maximum atomic E-state index is 5.77. The first-order valence-electron chi connectivity index (χ1n) is 5.25. The molecule has 17 heavy (non-hydrogen) atoms. The van der Waals surface area contributed by atoms with E-state index in [4.69, 9.17) is 16.3 Å². The van der Waals surface area contributed by atoms with E-state index in [0.717, 1.165) is 21.9 Å². The summed E-state index contributed by atoms with van der Waals surface area (Å²) < 4.78 is 6.22. The van der Waals surface area contributed by atoms with Crippen molar-refractivity contribution in [3.05, 3.63) is 38.3 Å².